The summed E-state index contributed by atoms with van der Waals surface area (Å²) in [6.07, 6.45) is -0.247. The number of aliphatic hydroxyl groups is 1. The number of aliphatic hydroxyl groups excluding tert-OH is 1. The van der Waals surface area contributed by atoms with Gasteiger partial charge in [0.25, 0.3) is 0 Å². The highest BCUT2D eigenvalue weighted by atomic mass is 32.2. The highest BCUT2D eigenvalue weighted by Gasteiger charge is 2.32. The van der Waals surface area contributed by atoms with Gasteiger partial charge in [-0.2, -0.15) is 0 Å². The van der Waals surface area contributed by atoms with Crippen molar-refractivity contribution in [2.24, 2.45) is 0 Å². The van der Waals surface area contributed by atoms with Gasteiger partial charge >= 0.3 is 12.0 Å². The minimum Gasteiger partial charge on any atom is -0.465 e. The molecule has 0 bridgehead atoms. The number of ether oxygens (including phenoxy) is 3. The van der Waals surface area contributed by atoms with Crippen LogP contribution in [0.3, 0.4) is 0 Å². The first-order valence-electron chi connectivity index (χ1n) is 14.1. The minimum absolute atomic E-state index is 0.0220. The van der Waals surface area contributed by atoms with Crippen LogP contribution in [0.4, 0.5) is 10.5 Å². The molecule has 3 amide bonds. The number of urea groups is 1. The van der Waals surface area contributed by atoms with E-state index in [1.807, 2.05) is 72.8 Å². The van der Waals surface area contributed by atoms with Crippen molar-refractivity contribution in [2.45, 2.75) is 56.8 Å². The summed E-state index contributed by atoms with van der Waals surface area (Å²) in [5.41, 5.74) is 4.32. The van der Waals surface area contributed by atoms with Gasteiger partial charge in [-0.25, -0.2) is 4.79 Å². The van der Waals surface area contributed by atoms with Gasteiger partial charge in [0.1, 0.15) is 6.54 Å². The lowest BCUT2D eigenvalue weighted by Crippen LogP contribution is -2.38. The number of hydrogen-bond donors (Lipinski definition) is 4. The van der Waals surface area contributed by atoms with E-state index in [-0.39, 0.29) is 44.4 Å². The van der Waals surface area contributed by atoms with Gasteiger partial charge in [0, 0.05) is 41.8 Å². The van der Waals surface area contributed by atoms with E-state index in [0.717, 1.165) is 32.8 Å². The van der Waals surface area contributed by atoms with E-state index in [9.17, 15) is 19.5 Å². The molecule has 0 aromatic heterocycles. The molecule has 10 nitrogen and oxygen atoms in total. The Labute approximate surface area is 255 Å². The minimum atomic E-state index is -0.598. The Morgan fingerprint density at radius 3 is 2.23 bits per heavy atom. The normalized spacial score (nSPS) is 18.0. The molecule has 0 spiro atoms. The van der Waals surface area contributed by atoms with Crippen molar-refractivity contribution in [3.63, 3.8) is 0 Å². The summed E-state index contributed by atoms with van der Waals surface area (Å²) in [7, 11) is 0. The molecule has 0 saturated carbocycles. The predicted octanol–water partition coefficient (Wildman–Crippen LogP) is 4.84. The van der Waals surface area contributed by atoms with E-state index in [0.29, 0.717) is 12.2 Å². The van der Waals surface area contributed by atoms with Gasteiger partial charge in [-0.3, -0.25) is 9.59 Å². The lowest BCUT2D eigenvalue weighted by atomic mass is 10.0. The van der Waals surface area contributed by atoms with Crippen molar-refractivity contribution in [1.82, 2.24) is 10.6 Å². The fraction of sp³-hybridized carbons (Fsp3) is 0.344. The molecule has 1 fully saturated rings. The van der Waals surface area contributed by atoms with Crippen LogP contribution < -0.4 is 16.0 Å². The van der Waals surface area contributed by atoms with Crippen LogP contribution in [0.2, 0.25) is 0 Å². The van der Waals surface area contributed by atoms with Gasteiger partial charge < -0.3 is 35.3 Å². The van der Waals surface area contributed by atoms with Crippen LogP contribution in [0.25, 0.3) is 0 Å². The number of thioether (sulfide) groups is 1. The number of carbonyl (C=O) groups excluding carboxylic acids is 3. The van der Waals surface area contributed by atoms with Crippen LogP contribution in [0, 0.1) is 0 Å². The average molecular weight is 608 g/mol. The van der Waals surface area contributed by atoms with Crippen LogP contribution in [0.5, 0.6) is 0 Å². The SMILES string of the molecule is CCOC(=O)CNC(=O)NCc1ccc([C@@H]2O[C@H](CSc3ccc(NC(C)=O)cc3)C[C@H](c3ccc(CO)cc3)O2)cc1. The Balaban J connectivity index is 1.39. The average Bonchev–Trinajstić information content (AvgIpc) is 3.02. The molecule has 1 aliphatic heterocycles. The number of amides is 3. The smallest absolute Gasteiger partial charge is 0.325 e. The molecule has 11 heteroatoms. The van der Waals surface area contributed by atoms with Gasteiger partial charge in [-0.15, -0.1) is 11.8 Å². The Morgan fingerprint density at radius 1 is 0.907 bits per heavy atom. The number of esters is 1. The molecule has 0 radical (unpaired) electrons. The number of nitrogens with one attached hydrogen (secondary N) is 3. The highest BCUT2D eigenvalue weighted by molar-refractivity contribution is 7.99. The summed E-state index contributed by atoms with van der Waals surface area (Å²) in [4.78, 5) is 35.8. The van der Waals surface area contributed by atoms with Crippen molar-refractivity contribution in [2.75, 3.05) is 24.2 Å². The van der Waals surface area contributed by atoms with Gasteiger partial charge in [0.2, 0.25) is 5.91 Å². The molecule has 0 aliphatic carbocycles. The standard InChI is InChI=1S/C32H37N3O7S/c1-3-40-30(38)18-34-32(39)33-17-22-4-10-25(11-5-22)31-41-27(16-29(42-31)24-8-6-23(19-36)7-9-24)20-43-28-14-12-26(13-15-28)35-21(2)37/h4-15,27,29,31,36H,3,16-20H2,1-2H3,(H,35,37)(H2,33,34,39)/t27-,29+,31+/m0/s1. The van der Waals surface area contributed by atoms with Crippen molar-refractivity contribution in [1.29, 1.82) is 0 Å². The van der Waals surface area contributed by atoms with Crippen LogP contribution in [-0.2, 0) is 37.0 Å². The van der Waals surface area contributed by atoms with Crippen molar-refractivity contribution < 1.29 is 33.7 Å². The molecule has 3 aromatic rings. The van der Waals surface area contributed by atoms with Crippen molar-refractivity contribution in [3.05, 3.63) is 95.1 Å². The second-order valence-corrected chi connectivity index (χ2v) is 11.0. The Hall–Kier alpha value is -3.90. The summed E-state index contributed by atoms with van der Waals surface area (Å²) in [5.74, 6) is 0.0997. The molecule has 3 atom stereocenters. The summed E-state index contributed by atoms with van der Waals surface area (Å²) in [6, 6.07) is 22.6. The maximum Gasteiger partial charge on any atom is 0.325 e. The zero-order valence-electron chi connectivity index (χ0n) is 24.2. The quantitative estimate of drug-likeness (QED) is 0.170. The Bertz CT molecular complexity index is 1350. The zero-order chi connectivity index (χ0) is 30.6. The van der Waals surface area contributed by atoms with E-state index in [2.05, 4.69) is 16.0 Å². The van der Waals surface area contributed by atoms with Crippen LogP contribution in [0.1, 0.15) is 54.9 Å². The lowest BCUT2D eigenvalue weighted by Gasteiger charge is -2.36. The molecule has 3 aromatic carbocycles. The molecule has 4 N–H and O–H groups in total. The first-order chi connectivity index (χ1) is 20.8. The first kappa shape index (κ1) is 32.0. The van der Waals surface area contributed by atoms with Gasteiger partial charge in [0.05, 0.1) is 25.4 Å². The van der Waals surface area contributed by atoms with E-state index in [4.69, 9.17) is 14.2 Å². The fourth-order valence-corrected chi connectivity index (χ4v) is 5.37. The van der Waals surface area contributed by atoms with Gasteiger partial charge in [-0.1, -0.05) is 48.5 Å². The Kier molecular flexibility index (Phi) is 12.0. The van der Waals surface area contributed by atoms with E-state index in [1.165, 1.54) is 6.92 Å². The van der Waals surface area contributed by atoms with Crippen molar-refractivity contribution >= 4 is 35.4 Å². The van der Waals surface area contributed by atoms with E-state index in [1.54, 1.807) is 18.7 Å². The molecular formula is C32H37N3O7S. The third-order valence-electron chi connectivity index (χ3n) is 6.63. The highest BCUT2D eigenvalue weighted by Crippen LogP contribution is 2.39. The number of anilines is 1. The molecule has 228 valence electrons. The Morgan fingerprint density at radius 2 is 1.58 bits per heavy atom. The fourth-order valence-electron chi connectivity index (χ4n) is 4.45. The maximum absolute atomic E-state index is 12.0. The monoisotopic (exact) mass is 607 g/mol. The summed E-state index contributed by atoms with van der Waals surface area (Å²) in [6.45, 7) is 3.51. The molecule has 1 saturated heterocycles. The third kappa shape index (κ3) is 10.1. The molecule has 0 unspecified atom stereocenters. The van der Waals surface area contributed by atoms with Gasteiger partial charge in [-0.05, 0) is 47.9 Å². The summed E-state index contributed by atoms with van der Waals surface area (Å²) >= 11 is 1.67. The number of hydrogen-bond acceptors (Lipinski definition) is 8. The maximum atomic E-state index is 12.0. The summed E-state index contributed by atoms with van der Waals surface area (Å²) < 4.78 is 17.6. The van der Waals surface area contributed by atoms with Crippen molar-refractivity contribution in [3.8, 4) is 0 Å². The predicted molar refractivity (Wildman–Crippen MR) is 163 cm³/mol. The second kappa shape index (κ2) is 16.1. The van der Waals surface area contributed by atoms with Crippen LogP contribution in [0.15, 0.2) is 77.7 Å². The molecule has 4 rings (SSSR count). The third-order valence-corrected chi connectivity index (χ3v) is 7.77. The first-order valence-corrected chi connectivity index (χ1v) is 15.1. The number of rotatable bonds is 12. The van der Waals surface area contributed by atoms with E-state index >= 15 is 0 Å². The molecular weight excluding hydrogens is 570 g/mol. The molecule has 1 heterocycles. The second-order valence-electron chi connectivity index (χ2n) is 9.95. The zero-order valence-corrected chi connectivity index (χ0v) is 25.0. The van der Waals surface area contributed by atoms with Crippen LogP contribution >= 0.6 is 11.8 Å². The topological polar surface area (TPSA) is 135 Å². The molecule has 43 heavy (non-hydrogen) atoms. The van der Waals surface area contributed by atoms with Gasteiger partial charge in [0.15, 0.2) is 6.29 Å². The molecule has 1 aliphatic rings. The lowest BCUT2D eigenvalue weighted by molar-refractivity contribution is -0.245. The summed E-state index contributed by atoms with van der Waals surface area (Å²) in [5, 5.41) is 17.4. The van der Waals surface area contributed by atoms with Crippen LogP contribution in [-0.4, -0.2) is 48.0 Å². The van der Waals surface area contributed by atoms with E-state index < -0.39 is 18.3 Å². The largest absolute Gasteiger partial charge is 0.465 e. The number of carbonyl (C=O) groups is 3. The number of benzene rings is 3.